The number of carbonyl (C=O) groups excluding carboxylic acids is 1. The first-order valence-electron chi connectivity index (χ1n) is 8.49. The van der Waals surface area contributed by atoms with E-state index in [2.05, 4.69) is 11.1 Å². The van der Waals surface area contributed by atoms with Crippen molar-refractivity contribution in [3.05, 3.63) is 70.6 Å². The number of nitrogens with zero attached hydrogens (tertiary/aromatic N) is 3. The number of carbonyl (C=O) groups is 1. The average molecular weight is 422 g/mol. The molecule has 7 heteroatoms. The molecule has 0 spiro atoms. The Labute approximate surface area is 175 Å². The Morgan fingerprint density at radius 1 is 1.18 bits per heavy atom. The van der Waals surface area contributed by atoms with Crippen molar-refractivity contribution < 1.29 is 4.79 Å². The number of thiazole rings is 1. The van der Waals surface area contributed by atoms with Gasteiger partial charge < -0.3 is 4.90 Å². The zero-order valence-corrected chi connectivity index (χ0v) is 17.4. The Morgan fingerprint density at radius 3 is 2.68 bits per heavy atom. The van der Waals surface area contributed by atoms with Crippen LogP contribution in [0.25, 0.3) is 11.3 Å². The second kappa shape index (κ2) is 8.23. The zero-order chi connectivity index (χ0) is 19.5. The van der Waals surface area contributed by atoms with Gasteiger partial charge in [0.15, 0.2) is 10.1 Å². The summed E-state index contributed by atoms with van der Waals surface area (Å²) in [5.74, 6) is 0.0184. The number of thioether (sulfide) groups is 2. The minimum atomic E-state index is -0.175. The fourth-order valence-corrected chi connectivity index (χ4v) is 5.68. The van der Waals surface area contributed by atoms with Crippen LogP contribution in [-0.4, -0.2) is 23.6 Å². The number of fused-ring (bicyclic) bond motifs is 1. The van der Waals surface area contributed by atoms with Crippen molar-refractivity contribution in [1.82, 2.24) is 4.98 Å². The maximum absolute atomic E-state index is 12.7. The van der Waals surface area contributed by atoms with Gasteiger partial charge in [-0.3, -0.25) is 4.79 Å². The van der Waals surface area contributed by atoms with Gasteiger partial charge in [0, 0.05) is 22.9 Å². The first kappa shape index (κ1) is 18.8. The Morgan fingerprint density at radius 2 is 1.93 bits per heavy atom. The van der Waals surface area contributed by atoms with Gasteiger partial charge in [-0.15, -0.1) is 11.3 Å². The van der Waals surface area contributed by atoms with E-state index in [9.17, 15) is 10.1 Å². The maximum Gasteiger partial charge on any atom is 0.186 e. The number of nitriles is 1. The molecule has 138 valence electrons. The normalized spacial score (nSPS) is 14.5. The molecule has 0 aliphatic carbocycles. The molecule has 0 unspecified atom stereocenters. The van der Waals surface area contributed by atoms with Gasteiger partial charge in [0.05, 0.1) is 17.1 Å². The van der Waals surface area contributed by atoms with E-state index < -0.39 is 0 Å². The van der Waals surface area contributed by atoms with E-state index in [1.165, 1.54) is 34.9 Å². The highest BCUT2D eigenvalue weighted by atomic mass is 32.2. The molecule has 28 heavy (non-hydrogen) atoms. The lowest BCUT2D eigenvalue weighted by Crippen LogP contribution is -2.16. The summed E-state index contributed by atoms with van der Waals surface area (Å²) in [6.45, 7) is 0. The van der Waals surface area contributed by atoms with Crippen LogP contribution in [0.1, 0.15) is 0 Å². The van der Waals surface area contributed by atoms with Crippen LogP contribution in [0.5, 0.6) is 0 Å². The van der Waals surface area contributed by atoms with Crippen LogP contribution >= 0.6 is 34.9 Å². The lowest BCUT2D eigenvalue weighted by Gasteiger charge is -2.14. The molecule has 0 N–H and O–H groups in total. The predicted molar refractivity (Wildman–Crippen MR) is 117 cm³/mol. The number of Topliss-reactive ketones (excluding diaryl/α,β-unsaturated/α-hetero) is 1. The van der Waals surface area contributed by atoms with E-state index in [4.69, 9.17) is 0 Å². The van der Waals surface area contributed by atoms with Gasteiger partial charge in [-0.05, 0) is 12.1 Å². The topological polar surface area (TPSA) is 57.0 Å². The molecule has 1 aromatic heterocycles. The van der Waals surface area contributed by atoms with Gasteiger partial charge in [-0.2, -0.15) is 5.26 Å². The number of aromatic nitrogens is 1. The molecule has 0 atom stereocenters. The van der Waals surface area contributed by atoms with Crippen molar-refractivity contribution in [2.24, 2.45) is 0 Å². The van der Waals surface area contributed by atoms with Crippen LogP contribution < -0.4 is 4.90 Å². The van der Waals surface area contributed by atoms with Gasteiger partial charge in [0.2, 0.25) is 0 Å². The smallest absolute Gasteiger partial charge is 0.186 e. The van der Waals surface area contributed by atoms with E-state index in [1.807, 2.05) is 71.9 Å². The van der Waals surface area contributed by atoms with E-state index in [-0.39, 0.29) is 17.1 Å². The standard InChI is InChI=1S/C21H15N3OS3/c1-24-17-9-5-6-10-19(17)28-20(24)15(11-22)18(25)13-27-21-23-16(12-26-21)14-7-3-2-4-8-14/h2-10,12H,13H2,1H3. The molecule has 0 radical (unpaired) electrons. The zero-order valence-electron chi connectivity index (χ0n) is 15.0. The summed E-state index contributed by atoms with van der Waals surface area (Å²) in [5.41, 5.74) is 3.18. The third-order valence-electron chi connectivity index (χ3n) is 4.22. The number of benzene rings is 2. The molecule has 0 saturated carbocycles. The van der Waals surface area contributed by atoms with E-state index in [0.29, 0.717) is 5.03 Å². The Kier molecular flexibility index (Phi) is 5.53. The van der Waals surface area contributed by atoms with Crippen LogP contribution in [0.4, 0.5) is 5.69 Å². The molecule has 3 aromatic rings. The van der Waals surface area contributed by atoms with Crippen molar-refractivity contribution >= 4 is 46.3 Å². The number of allylic oxidation sites excluding steroid dienone is 1. The number of anilines is 1. The quantitative estimate of drug-likeness (QED) is 0.310. The van der Waals surface area contributed by atoms with Crippen molar-refractivity contribution in [2.75, 3.05) is 17.7 Å². The molecule has 0 bridgehead atoms. The maximum atomic E-state index is 12.7. The second-order valence-electron chi connectivity index (χ2n) is 6.00. The second-order valence-corrected chi connectivity index (χ2v) is 9.11. The molecule has 1 aliphatic rings. The summed E-state index contributed by atoms with van der Waals surface area (Å²) in [6, 6.07) is 20.0. The highest BCUT2D eigenvalue weighted by Gasteiger charge is 2.27. The highest BCUT2D eigenvalue weighted by Crippen LogP contribution is 2.46. The predicted octanol–water partition coefficient (Wildman–Crippen LogP) is 5.45. The van der Waals surface area contributed by atoms with Crippen molar-refractivity contribution in [1.29, 1.82) is 5.26 Å². The van der Waals surface area contributed by atoms with Crippen LogP contribution in [-0.2, 0) is 4.79 Å². The molecular formula is C21H15N3OS3. The fourth-order valence-electron chi connectivity index (χ4n) is 2.82. The molecule has 2 aromatic carbocycles. The van der Waals surface area contributed by atoms with Gasteiger partial charge in [0.25, 0.3) is 0 Å². The summed E-state index contributed by atoms with van der Waals surface area (Å²) >= 11 is 4.36. The van der Waals surface area contributed by atoms with E-state index in [1.54, 1.807) is 0 Å². The number of ketones is 1. The highest BCUT2D eigenvalue weighted by molar-refractivity contribution is 8.04. The summed E-state index contributed by atoms with van der Waals surface area (Å²) in [4.78, 5) is 20.3. The molecule has 0 fully saturated rings. The number of para-hydroxylation sites is 1. The Balaban J connectivity index is 1.48. The summed E-state index contributed by atoms with van der Waals surface area (Å²) < 4.78 is 0.824. The van der Waals surface area contributed by atoms with Crippen LogP contribution in [0, 0.1) is 11.3 Å². The van der Waals surface area contributed by atoms with E-state index in [0.717, 1.165) is 26.2 Å². The molecular weight excluding hydrogens is 406 g/mol. The van der Waals surface area contributed by atoms with Crippen molar-refractivity contribution in [3.8, 4) is 17.3 Å². The lowest BCUT2D eigenvalue weighted by atomic mass is 10.2. The molecule has 0 saturated heterocycles. The average Bonchev–Trinajstić information content (AvgIpc) is 3.33. The minimum Gasteiger partial charge on any atom is -0.337 e. The first-order chi connectivity index (χ1) is 13.7. The molecule has 4 rings (SSSR count). The molecule has 0 amide bonds. The summed E-state index contributed by atoms with van der Waals surface area (Å²) in [7, 11) is 1.89. The Hall–Kier alpha value is -2.53. The SMILES string of the molecule is CN1C(=C(C#N)C(=O)CSc2nc(-c3ccccc3)cs2)Sc2ccccc21. The van der Waals surface area contributed by atoms with Crippen LogP contribution in [0.3, 0.4) is 0 Å². The summed E-state index contributed by atoms with van der Waals surface area (Å²) in [6.07, 6.45) is 0. The van der Waals surface area contributed by atoms with E-state index >= 15 is 0 Å². The number of rotatable bonds is 5. The lowest BCUT2D eigenvalue weighted by molar-refractivity contribution is -0.112. The third kappa shape index (κ3) is 3.72. The van der Waals surface area contributed by atoms with Gasteiger partial charge >= 0.3 is 0 Å². The fraction of sp³-hybridized carbons (Fsp3) is 0.0952. The van der Waals surface area contributed by atoms with Crippen molar-refractivity contribution in [2.45, 2.75) is 9.24 Å². The van der Waals surface area contributed by atoms with Crippen LogP contribution in [0.2, 0.25) is 0 Å². The molecule has 1 aliphatic heterocycles. The monoisotopic (exact) mass is 421 g/mol. The largest absolute Gasteiger partial charge is 0.337 e. The first-order valence-corrected chi connectivity index (χ1v) is 11.2. The van der Waals surface area contributed by atoms with Crippen molar-refractivity contribution in [3.63, 3.8) is 0 Å². The number of hydrogen-bond acceptors (Lipinski definition) is 7. The third-order valence-corrected chi connectivity index (χ3v) is 7.48. The molecule has 2 heterocycles. The Bertz CT molecular complexity index is 1100. The summed E-state index contributed by atoms with van der Waals surface area (Å²) in [5, 5.41) is 12.3. The number of hydrogen-bond donors (Lipinski definition) is 0. The van der Waals surface area contributed by atoms with Gasteiger partial charge in [-0.25, -0.2) is 4.98 Å². The van der Waals surface area contributed by atoms with Gasteiger partial charge in [0.1, 0.15) is 16.7 Å². The minimum absolute atomic E-state index is 0.175. The molecule has 4 nitrogen and oxygen atoms in total. The van der Waals surface area contributed by atoms with Crippen LogP contribution in [0.15, 0.2) is 79.8 Å². The van der Waals surface area contributed by atoms with Gasteiger partial charge in [-0.1, -0.05) is 66.0 Å².